The van der Waals surface area contributed by atoms with Gasteiger partial charge in [0, 0.05) is 6.54 Å². The van der Waals surface area contributed by atoms with Crippen LogP contribution in [-0.2, 0) is 9.59 Å². The summed E-state index contributed by atoms with van der Waals surface area (Å²) in [6.45, 7) is 0.577. The van der Waals surface area contributed by atoms with E-state index in [9.17, 15) is 22.8 Å². The largest absolute Gasteiger partial charge is 0.391 e. The smallest absolute Gasteiger partial charge is 0.335 e. The van der Waals surface area contributed by atoms with Crippen LogP contribution in [0.1, 0.15) is 32.1 Å². The monoisotopic (exact) mass is 263 g/mol. The van der Waals surface area contributed by atoms with Gasteiger partial charge in [0.05, 0.1) is 18.9 Å². The molecule has 1 saturated carbocycles. The molecule has 0 aromatic heterocycles. The number of alkyl halides is 3. The van der Waals surface area contributed by atoms with Crippen LogP contribution in [0.25, 0.3) is 0 Å². The van der Waals surface area contributed by atoms with E-state index in [1.165, 1.54) is 4.90 Å². The quantitative estimate of drug-likeness (QED) is 0.716. The Hall–Kier alpha value is -1.07. The number of likely N-dealkylation sites (tertiary alicyclic amines) is 1. The molecular formula is C12H16F3NO2. The van der Waals surface area contributed by atoms with Crippen molar-refractivity contribution in [2.75, 3.05) is 13.1 Å². The lowest BCUT2D eigenvalue weighted by Crippen LogP contribution is -2.35. The fraction of sp³-hybridized carbons (Fsp3) is 0.833. The van der Waals surface area contributed by atoms with Crippen molar-refractivity contribution in [1.82, 2.24) is 4.90 Å². The number of carbonyl (C=O) groups excluding carboxylic acids is 2. The average Bonchev–Trinajstić information content (AvgIpc) is 2.57. The van der Waals surface area contributed by atoms with E-state index in [1.807, 2.05) is 0 Å². The maximum absolute atomic E-state index is 12.5. The summed E-state index contributed by atoms with van der Waals surface area (Å²) >= 11 is 0. The van der Waals surface area contributed by atoms with Crippen molar-refractivity contribution < 1.29 is 22.8 Å². The second-order valence-electron chi connectivity index (χ2n) is 5.25. The number of hydrogen-bond acceptors (Lipinski definition) is 2. The molecule has 0 aromatic carbocycles. The minimum Gasteiger partial charge on any atom is -0.335 e. The Morgan fingerprint density at radius 3 is 2.17 bits per heavy atom. The number of amides is 1. The number of ketones is 1. The highest BCUT2D eigenvalue weighted by Crippen LogP contribution is 2.39. The first-order valence-corrected chi connectivity index (χ1v) is 6.22. The lowest BCUT2D eigenvalue weighted by molar-refractivity contribution is -0.184. The molecule has 0 atom stereocenters. The Morgan fingerprint density at radius 1 is 1.11 bits per heavy atom. The molecule has 0 radical (unpaired) electrons. The highest BCUT2D eigenvalue weighted by atomic mass is 19.4. The van der Waals surface area contributed by atoms with E-state index in [-0.39, 0.29) is 43.4 Å². The van der Waals surface area contributed by atoms with Gasteiger partial charge < -0.3 is 4.90 Å². The summed E-state index contributed by atoms with van der Waals surface area (Å²) < 4.78 is 37.4. The first kappa shape index (κ1) is 13.4. The number of hydrogen-bond donors (Lipinski definition) is 0. The molecule has 6 heteroatoms. The number of rotatable bonds is 2. The van der Waals surface area contributed by atoms with E-state index in [2.05, 4.69) is 0 Å². The van der Waals surface area contributed by atoms with Gasteiger partial charge in [0.15, 0.2) is 5.78 Å². The lowest BCUT2D eigenvalue weighted by atomic mass is 9.81. The molecule has 1 heterocycles. The lowest BCUT2D eigenvalue weighted by Gasteiger charge is -2.31. The Kier molecular flexibility index (Phi) is 3.64. The number of carbonyl (C=O) groups is 2. The van der Waals surface area contributed by atoms with Crippen LogP contribution in [0, 0.1) is 11.8 Å². The molecule has 0 spiro atoms. The topological polar surface area (TPSA) is 37.4 Å². The van der Waals surface area contributed by atoms with Gasteiger partial charge in [-0.05, 0) is 31.6 Å². The van der Waals surface area contributed by atoms with Gasteiger partial charge in [-0.3, -0.25) is 9.59 Å². The molecular weight excluding hydrogens is 247 g/mol. The summed E-state index contributed by atoms with van der Waals surface area (Å²) in [5.74, 6) is -1.36. The van der Waals surface area contributed by atoms with Crippen molar-refractivity contribution in [3.8, 4) is 0 Å². The second kappa shape index (κ2) is 4.90. The average molecular weight is 263 g/mol. The summed E-state index contributed by atoms with van der Waals surface area (Å²) in [6.07, 6.45) is -2.87. The van der Waals surface area contributed by atoms with Gasteiger partial charge in [-0.2, -0.15) is 13.2 Å². The van der Waals surface area contributed by atoms with Gasteiger partial charge in [-0.1, -0.05) is 0 Å². The van der Waals surface area contributed by atoms with Crippen LogP contribution in [0.2, 0.25) is 0 Å². The maximum Gasteiger partial charge on any atom is 0.391 e. The molecule has 102 valence electrons. The van der Waals surface area contributed by atoms with E-state index in [4.69, 9.17) is 0 Å². The van der Waals surface area contributed by atoms with Crippen LogP contribution < -0.4 is 0 Å². The Bertz CT molecular complexity index is 346. The van der Waals surface area contributed by atoms with Gasteiger partial charge in [0.2, 0.25) is 5.91 Å². The summed E-state index contributed by atoms with van der Waals surface area (Å²) in [7, 11) is 0. The van der Waals surface area contributed by atoms with E-state index >= 15 is 0 Å². The fourth-order valence-electron chi connectivity index (χ4n) is 2.79. The van der Waals surface area contributed by atoms with E-state index < -0.39 is 12.1 Å². The van der Waals surface area contributed by atoms with Gasteiger partial charge in [0.1, 0.15) is 0 Å². The van der Waals surface area contributed by atoms with Crippen LogP contribution in [0.5, 0.6) is 0 Å². The predicted molar refractivity (Wildman–Crippen MR) is 57.7 cm³/mol. The highest BCUT2D eigenvalue weighted by Gasteiger charge is 2.42. The molecule has 1 saturated heterocycles. The van der Waals surface area contributed by atoms with Gasteiger partial charge in [-0.25, -0.2) is 0 Å². The van der Waals surface area contributed by atoms with Gasteiger partial charge in [-0.15, -0.1) is 0 Å². The predicted octanol–water partition coefficient (Wildman–Crippen LogP) is 2.16. The maximum atomic E-state index is 12.5. The summed E-state index contributed by atoms with van der Waals surface area (Å²) in [5.41, 5.74) is 0. The first-order valence-electron chi connectivity index (χ1n) is 6.22. The molecule has 0 unspecified atom stereocenters. The van der Waals surface area contributed by atoms with Gasteiger partial charge >= 0.3 is 6.18 Å². The van der Waals surface area contributed by atoms with Crippen LogP contribution in [0.3, 0.4) is 0 Å². The van der Waals surface area contributed by atoms with Crippen molar-refractivity contribution in [2.45, 2.75) is 38.3 Å². The van der Waals surface area contributed by atoms with Crippen molar-refractivity contribution in [3.63, 3.8) is 0 Å². The van der Waals surface area contributed by atoms with Crippen molar-refractivity contribution in [2.24, 2.45) is 11.8 Å². The molecule has 1 aliphatic heterocycles. The number of nitrogens with zero attached hydrogens (tertiary/aromatic N) is 1. The Morgan fingerprint density at radius 2 is 1.72 bits per heavy atom. The fourth-order valence-corrected chi connectivity index (χ4v) is 2.79. The van der Waals surface area contributed by atoms with Crippen LogP contribution in [-0.4, -0.2) is 35.9 Å². The number of Topliss-reactive ketones (excluding diaryl/α,β-unsaturated/α-hetero) is 1. The summed E-state index contributed by atoms with van der Waals surface area (Å²) in [6, 6.07) is 0. The second-order valence-corrected chi connectivity index (χ2v) is 5.25. The Balaban J connectivity index is 1.80. The van der Waals surface area contributed by atoms with E-state index in [0.29, 0.717) is 19.4 Å². The number of halogens is 3. The Labute approximate surface area is 103 Å². The minimum absolute atomic E-state index is 0.0438. The van der Waals surface area contributed by atoms with Crippen molar-refractivity contribution >= 4 is 11.7 Å². The third-order valence-corrected chi connectivity index (χ3v) is 3.86. The third kappa shape index (κ3) is 3.03. The highest BCUT2D eigenvalue weighted by molar-refractivity contribution is 6.05. The first-order chi connectivity index (χ1) is 8.36. The zero-order valence-electron chi connectivity index (χ0n) is 10.0. The molecule has 1 amide bonds. The zero-order chi connectivity index (χ0) is 13.3. The third-order valence-electron chi connectivity index (χ3n) is 3.86. The van der Waals surface area contributed by atoms with Crippen molar-refractivity contribution in [3.05, 3.63) is 0 Å². The normalized spacial score (nSPS) is 30.1. The van der Waals surface area contributed by atoms with E-state index in [0.717, 1.165) is 0 Å². The molecule has 0 bridgehead atoms. The van der Waals surface area contributed by atoms with Crippen LogP contribution in [0.4, 0.5) is 13.2 Å². The van der Waals surface area contributed by atoms with Crippen LogP contribution in [0.15, 0.2) is 0 Å². The minimum atomic E-state index is -4.09. The molecule has 0 N–H and O–H groups in total. The molecule has 2 fully saturated rings. The SMILES string of the molecule is O=C1CC(=O)N(CC2CCC(C(F)(F)F)CC2)C1. The molecule has 18 heavy (non-hydrogen) atoms. The molecule has 0 aromatic rings. The standard InChI is InChI=1S/C12H16F3NO2/c13-12(14,15)9-3-1-8(2-4-9)6-16-7-10(17)5-11(16)18/h8-9H,1-7H2. The summed E-state index contributed by atoms with van der Waals surface area (Å²) in [5, 5.41) is 0. The zero-order valence-corrected chi connectivity index (χ0v) is 10.0. The molecule has 2 rings (SSSR count). The van der Waals surface area contributed by atoms with Gasteiger partial charge in [0.25, 0.3) is 0 Å². The molecule has 3 nitrogen and oxygen atoms in total. The molecule has 1 aliphatic carbocycles. The van der Waals surface area contributed by atoms with Crippen LogP contribution >= 0.6 is 0 Å². The molecule has 2 aliphatic rings. The van der Waals surface area contributed by atoms with E-state index in [1.54, 1.807) is 0 Å². The summed E-state index contributed by atoms with van der Waals surface area (Å²) in [4.78, 5) is 24.0. The van der Waals surface area contributed by atoms with Crippen molar-refractivity contribution in [1.29, 1.82) is 0 Å².